The first-order valence-corrected chi connectivity index (χ1v) is 8.28. The zero-order chi connectivity index (χ0) is 17.1. The van der Waals surface area contributed by atoms with E-state index in [9.17, 15) is 4.79 Å². The second kappa shape index (κ2) is 6.83. The smallest absolute Gasteiger partial charge is 0.338 e. The van der Waals surface area contributed by atoms with Crippen molar-refractivity contribution in [1.82, 2.24) is 4.98 Å². The number of hydrogen-bond donors (Lipinski definition) is 0. The molecule has 24 heavy (non-hydrogen) atoms. The number of fused-ring (bicyclic) bond motifs is 1. The van der Waals surface area contributed by atoms with Crippen molar-refractivity contribution in [3.8, 4) is 11.3 Å². The van der Waals surface area contributed by atoms with E-state index < -0.39 is 0 Å². The zero-order valence-corrected chi connectivity index (χ0v) is 14.2. The Morgan fingerprint density at radius 2 is 1.75 bits per heavy atom. The maximum Gasteiger partial charge on any atom is 0.338 e. The highest BCUT2D eigenvalue weighted by Crippen LogP contribution is 2.31. The lowest BCUT2D eigenvalue weighted by Crippen LogP contribution is -2.05. The van der Waals surface area contributed by atoms with Crippen LogP contribution in [0, 0.1) is 0 Å². The van der Waals surface area contributed by atoms with Gasteiger partial charge in [-0.25, -0.2) is 4.79 Å². The molecule has 3 rings (SSSR count). The lowest BCUT2D eigenvalue weighted by molar-refractivity contribution is 0.0528. The molecule has 0 aliphatic heterocycles. The van der Waals surface area contributed by atoms with Gasteiger partial charge in [0.15, 0.2) is 0 Å². The Morgan fingerprint density at radius 3 is 2.46 bits per heavy atom. The van der Waals surface area contributed by atoms with Crippen molar-refractivity contribution in [1.29, 1.82) is 0 Å². The summed E-state index contributed by atoms with van der Waals surface area (Å²) in [5, 5.41) is 1.90. The first-order valence-electron chi connectivity index (χ1n) is 8.28. The molecule has 0 atom stereocenters. The van der Waals surface area contributed by atoms with Crippen LogP contribution in [-0.4, -0.2) is 17.6 Å². The molecule has 0 aliphatic rings. The van der Waals surface area contributed by atoms with Gasteiger partial charge < -0.3 is 4.74 Å². The van der Waals surface area contributed by atoms with Crippen molar-refractivity contribution in [2.45, 2.75) is 26.7 Å². The molecule has 0 fully saturated rings. The molecular weight excluding hydrogens is 298 g/mol. The molecule has 122 valence electrons. The van der Waals surface area contributed by atoms with Crippen molar-refractivity contribution < 1.29 is 9.53 Å². The van der Waals surface area contributed by atoms with Crippen molar-refractivity contribution >= 4 is 16.7 Å². The van der Waals surface area contributed by atoms with Crippen LogP contribution in [0.25, 0.3) is 22.0 Å². The van der Waals surface area contributed by atoms with Crippen LogP contribution in [0.15, 0.2) is 54.6 Å². The number of rotatable bonds is 4. The predicted octanol–water partition coefficient (Wildman–Crippen LogP) is 5.20. The molecule has 0 unspecified atom stereocenters. The van der Waals surface area contributed by atoms with Gasteiger partial charge in [-0.2, -0.15) is 0 Å². The first kappa shape index (κ1) is 16.2. The molecule has 0 saturated heterocycles. The summed E-state index contributed by atoms with van der Waals surface area (Å²) >= 11 is 0. The molecule has 3 aromatic rings. The first-order chi connectivity index (χ1) is 11.6. The van der Waals surface area contributed by atoms with Gasteiger partial charge in [-0.15, -0.1) is 0 Å². The molecule has 0 spiro atoms. The summed E-state index contributed by atoms with van der Waals surface area (Å²) in [5.41, 5.74) is 3.61. The number of aromatic nitrogens is 1. The van der Waals surface area contributed by atoms with Crippen molar-refractivity contribution in [3.05, 3.63) is 65.9 Å². The summed E-state index contributed by atoms with van der Waals surface area (Å²) in [7, 11) is 0. The van der Waals surface area contributed by atoms with Crippen LogP contribution in [0.2, 0.25) is 0 Å². The minimum atomic E-state index is -0.288. The van der Waals surface area contributed by atoms with Crippen LogP contribution in [0.3, 0.4) is 0 Å². The third-order valence-corrected chi connectivity index (χ3v) is 4.06. The zero-order valence-electron chi connectivity index (χ0n) is 14.2. The molecule has 1 heterocycles. The lowest BCUT2D eigenvalue weighted by atomic mass is 9.97. The Bertz CT molecular complexity index is 884. The highest BCUT2D eigenvalue weighted by molar-refractivity contribution is 6.08. The van der Waals surface area contributed by atoms with Crippen LogP contribution in [0.1, 0.15) is 42.7 Å². The molecular formula is C21H21NO2. The van der Waals surface area contributed by atoms with Crippen LogP contribution in [0.5, 0.6) is 0 Å². The minimum absolute atomic E-state index is 0.288. The maximum atomic E-state index is 12.2. The van der Waals surface area contributed by atoms with E-state index in [2.05, 4.69) is 13.8 Å². The van der Waals surface area contributed by atoms with E-state index in [0.717, 1.165) is 27.7 Å². The van der Waals surface area contributed by atoms with Crippen LogP contribution in [0.4, 0.5) is 0 Å². The number of carbonyl (C=O) groups is 1. The van der Waals surface area contributed by atoms with Gasteiger partial charge >= 0.3 is 5.97 Å². The highest BCUT2D eigenvalue weighted by Gasteiger charge is 2.15. The molecule has 0 N–H and O–H groups in total. The SMILES string of the molecule is CCOC(=O)c1ccc(-c2cccc(C(C)C)n2)c2ccccc12. The van der Waals surface area contributed by atoms with Gasteiger partial charge in [0.2, 0.25) is 0 Å². The number of ether oxygens (including phenoxy) is 1. The quantitative estimate of drug-likeness (QED) is 0.620. The van der Waals surface area contributed by atoms with Gasteiger partial charge in [-0.1, -0.05) is 50.2 Å². The van der Waals surface area contributed by atoms with Crippen LogP contribution < -0.4 is 0 Å². The predicted molar refractivity (Wildman–Crippen MR) is 97.2 cm³/mol. The Hall–Kier alpha value is -2.68. The summed E-state index contributed by atoms with van der Waals surface area (Å²) < 4.78 is 5.18. The number of pyridine rings is 1. The van der Waals surface area contributed by atoms with Crippen molar-refractivity contribution in [2.75, 3.05) is 6.61 Å². The summed E-state index contributed by atoms with van der Waals surface area (Å²) in [6.45, 7) is 6.45. The number of nitrogens with zero attached hydrogens (tertiary/aromatic N) is 1. The van der Waals surface area contributed by atoms with E-state index in [4.69, 9.17) is 9.72 Å². The Labute approximate surface area is 142 Å². The van der Waals surface area contributed by atoms with Gasteiger partial charge in [0.1, 0.15) is 0 Å². The monoisotopic (exact) mass is 319 g/mol. The van der Waals surface area contributed by atoms with Crippen LogP contribution in [-0.2, 0) is 4.74 Å². The third kappa shape index (κ3) is 3.02. The van der Waals surface area contributed by atoms with Gasteiger partial charge in [0, 0.05) is 11.3 Å². The number of benzene rings is 2. The van der Waals surface area contributed by atoms with Crippen molar-refractivity contribution in [2.24, 2.45) is 0 Å². The molecule has 0 saturated carbocycles. The van der Waals surface area contributed by atoms with Crippen molar-refractivity contribution in [3.63, 3.8) is 0 Å². The fraction of sp³-hybridized carbons (Fsp3) is 0.238. The summed E-state index contributed by atoms with van der Waals surface area (Å²) in [4.78, 5) is 17.0. The molecule has 0 radical (unpaired) electrons. The fourth-order valence-corrected chi connectivity index (χ4v) is 2.83. The van der Waals surface area contributed by atoms with E-state index >= 15 is 0 Å². The van der Waals surface area contributed by atoms with Gasteiger partial charge in [0.25, 0.3) is 0 Å². The van der Waals surface area contributed by atoms with E-state index in [-0.39, 0.29) is 5.97 Å². The number of hydrogen-bond acceptors (Lipinski definition) is 3. The average Bonchev–Trinajstić information content (AvgIpc) is 2.61. The molecule has 3 heteroatoms. The lowest BCUT2D eigenvalue weighted by Gasteiger charge is -2.12. The third-order valence-electron chi connectivity index (χ3n) is 4.06. The number of carbonyl (C=O) groups excluding carboxylic acids is 1. The number of esters is 1. The van der Waals surface area contributed by atoms with Gasteiger partial charge in [-0.3, -0.25) is 4.98 Å². The Kier molecular flexibility index (Phi) is 4.61. The molecule has 3 nitrogen and oxygen atoms in total. The fourth-order valence-electron chi connectivity index (χ4n) is 2.83. The standard InChI is InChI=1S/C21H21NO2/c1-4-24-21(23)18-13-12-17(15-8-5-6-9-16(15)18)20-11-7-10-19(22-20)14(2)3/h5-14H,4H2,1-3H3. The topological polar surface area (TPSA) is 39.2 Å². The van der Waals surface area contributed by atoms with E-state index in [1.165, 1.54) is 0 Å². The molecule has 1 aromatic heterocycles. The maximum absolute atomic E-state index is 12.2. The molecule has 2 aromatic carbocycles. The normalized spacial score (nSPS) is 11.0. The summed E-state index contributed by atoms with van der Waals surface area (Å²) in [5.74, 6) is 0.0826. The second-order valence-electron chi connectivity index (χ2n) is 6.03. The Morgan fingerprint density at radius 1 is 1.00 bits per heavy atom. The van der Waals surface area contributed by atoms with E-state index in [1.54, 1.807) is 0 Å². The van der Waals surface area contributed by atoms with Gasteiger partial charge in [0.05, 0.1) is 17.9 Å². The van der Waals surface area contributed by atoms with E-state index in [1.807, 2.05) is 61.5 Å². The minimum Gasteiger partial charge on any atom is -0.462 e. The van der Waals surface area contributed by atoms with Crippen LogP contribution >= 0.6 is 0 Å². The summed E-state index contributed by atoms with van der Waals surface area (Å²) in [6, 6.07) is 17.8. The molecule has 0 amide bonds. The summed E-state index contributed by atoms with van der Waals surface area (Å²) in [6.07, 6.45) is 0. The van der Waals surface area contributed by atoms with E-state index in [0.29, 0.717) is 18.1 Å². The largest absolute Gasteiger partial charge is 0.462 e. The Balaban J connectivity index is 2.19. The van der Waals surface area contributed by atoms with Gasteiger partial charge in [-0.05, 0) is 41.8 Å². The molecule has 0 bridgehead atoms. The average molecular weight is 319 g/mol. The highest BCUT2D eigenvalue weighted by atomic mass is 16.5. The molecule has 0 aliphatic carbocycles. The second-order valence-corrected chi connectivity index (χ2v) is 6.03.